The van der Waals surface area contributed by atoms with E-state index in [-0.39, 0.29) is 11.3 Å². The maximum atomic E-state index is 12.8. The number of nitro groups is 1. The second-order valence-electron chi connectivity index (χ2n) is 6.84. The number of nitrogens with two attached hydrogens (primary N) is 1. The normalized spacial score (nSPS) is 11.5. The highest BCUT2D eigenvalue weighted by molar-refractivity contribution is 5.93. The van der Waals surface area contributed by atoms with Crippen LogP contribution in [0.5, 0.6) is 0 Å². The summed E-state index contributed by atoms with van der Waals surface area (Å²) in [6, 6.07) is 22.0. The summed E-state index contributed by atoms with van der Waals surface area (Å²) in [5.74, 6) is -1.36. The van der Waals surface area contributed by atoms with Crippen molar-refractivity contribution in [1.29, 1.82) is 0 Å². The van der Waals surface area contributed by atoms with Crippen molar-refractivity contribution in [1.82, 2.24) is 5.32 Å². The summed E-state index contributed by atoms with van der Waals surface area (Å²) in [6.07, 6.45) is -1.13. The van der Waals surface area contributed by atoms with E-state index in [0.29, 0.717) is 0 Å². The van der Waals surface area contributed by atoms with Crippen LogP contribution < -0.4 is 11.1 Å². The lowest BCUT2D eigenvalue weighted by Gasteiger charge is -2.22. The lowest BCUT2D eigenvalue weighted by Crippen LogP contribution is -2.38. The summed E-state index contributed by atoms with van der Waals surface area (Å²) in [7, 11) is 0. The minimum absolute atomic E-state index is 0.0665. The maximum absolute atomic E-state index is 12.8. The molecule has 3 rings (SSSR count). The van der Waals surface area contributed by atoms with Gasteiger partial charge in [0.1, 0.15) is 5.69 Å². The number of hydrogen-bond acceptors (Lipinski definition) is 6. The van der Waals surface area contributed by atoms with Crippen molar-refractivity contribution in [3.05, 3.63) is 106 Å². The number of nitrogens with one attached hydrogen (secondary N) is 1. The Bertz CT molecular complexity index is 1050. The summed E-state index contributed by atoms with van der Waals surface area (Å²) < 4.78 is 5.23. The smallest absolute Gasteiger partial charge is 0.339 e. The number of rotatable bonds is 7. The number of nitro benzene ring substituents is 1. The van der Waals surface area contributed by atoms with E-state index in [1.165, 1.54) is 19.1 Å². The Balaban J connectivity index is 1.75. The predicted molar refractivity (Wildman–Crippen MR) is 115 cm³/mol. The monoisotopic (exact) mass is 419 g/mol. The summed E-state index contributed by atoms with van der Waals surface area (Å²) in [5, 5.41) is 13.9. The van der Waals surface area contributed by atoms with E-state index < -0.39 is 34.6 Å². The first kappa shape index (κ1) is 21.5. The predicted octanol–water partition coefficient (Wildman–Crippen LogP) is 3.63. The molecule has 0 aliphatic heterocycles. The van der Waals surface area contributed by atoms with E-state index >= 15 is 0 Å². The number of anilines is 1. The van der Waals surface area contributed by atoms with E-state index in [1.807, 2.05) is 60.7 Å². The molecule has 0 saturated carbocycles. The lowest BCUT2D eigenvalue weighted by atomic mass is 9.98. The van der Waals surface area contributed by atoms with Gasteiger partial charge in [0.25, 0.3) is 11.6 Å². The Kier molecular flexibility index (Phi) is 6.61. The number of esters is 1. The molecule has 0 unspecified atom stereocenters. The van der Waals surface area contributed by atoms with E-state index in [4.69, 9.17) is 10.5 Å². The molecule has 0 aliphatic rings. The molecule has 0 aliphatic carbocycles. The summed E-state index contributed by atoms with van der Waals surface area (Å²) in [4.78, 5) is 35.5. The molecular weight excluding hydrogens is 398 g/mol. The Morgan fingerprint density at radius 1 is 0.968 bits per heavy atom. The van der Waals surface area contributed by atoms with Crippen LogP contribution >= 0.6 is 0 Å². The van der Waals surface area contributed by atoms with Crippen LogP contribution in [0.1, 0.15) is 34.5 Å². The highest BCUT2D eigenvalue weighted by atomic mass is 16.6. The van der Waals surface area contributed by atoms with Gasteiger partial charge < -0.3 is 15.8 Å². The standard InChI is InChI=1S/C23H21N3O5/c1-15(31-23(28)18-12-13-19(24)20(14-18)26(29)30)22(27)25-21(16-8-4-2-5-9-16)17-10-6-3-7-11-17/h2-15,21H,24H2,1H3,(H,25,27)/t15-/m1/s1. The molecular formula is C23H21N3O5. The van der Waals surface area contributed by atoms with Crippen molar-refractivity contribution < 1.29 is 19.2 Å². The van der Waals surface area contributed by atoms with Crippen LogP contribution in [0.3, 0.4) is 0 Å². The van der Waals surface area contributed by atoms with Gasteiger partial charge in [-0.3, -0.25) is 14.9 Å². The average Bonchev–Trinajstić information content (AvgIpc) is 2.78. The van der Waals surface area contributed by atoms with Crippen LogP contribution in [0, 0.1) is 10.1 Å². The lowest BCUT2D eigenvalue weighted by molar-refractivity contribution is -0.383. The fourth-order valence-electron chi connectivity index (χ4n) is 3.02. The van der Waals surface area contributed by atoms with Gasteiger partial charge in [-0.05, 0) is 30.2 Å². The Morgan fingerprint density at radius 2 is 1.52 bits per heavy atom. The molecule has 1 amide bonds. The van der Waals surface area contributed by atoms with Crippen molar-refractivity contribution in [3.8, 4) is 0 Å². The van der Waals surface area contributed by atoms with Gasteiger partial charge in [0, 0.05) is 6.07 Å². The number of nitrogen functional groups attached to an aromatic ring is 1. The van der Waals surface area contributed by atoms with Crippen LogP contribution in [-0.2, 0) is 9.53 Å². The largest absolute Gasteiger partial charge is 0.449 e. The van der Waals surface area contributed by atoms with E-state index in [1.54, 1.807) is 0 Å². The zero-order valence-electron chi connectivity index (χ0n) is 16.7. The second-order valence-corrected chi connectivity index (χ2v) is 6.84. The highest BCUT2D eigenvalue weighted by Crippen LogP contribution is 2.24. The zero-order valence-corrected chi connectivity index (χ0v) is 16.7. The van der Waals surface area contributed by atoms with Gasteiger partial charge in [0.2, 0.25) is 0 Å². The fraction of sp³-hybridized carbons (Fsp3) is 0.130. The van der Waals surface area contributed by atoms with Crippen LogP contribution in [0.4, 0.5) is 11.4 Å². The molecule has 0 radical (unpaired) electrons. The van der Waals surface area contributed by atoms with Gasteiger partial charge in [-0.2, -0.15) is 0 Å². The topological polar surface area (TPSA) is 125 Å². The molecule has 0 saturated heterocycles. The first-order valence-electron chi connectivity index (χ1n) is 9.52. The molecule has 0 aromatic heterocycles. The Labute approximate surface area is 178 Å². The number of carbonyl (C=O) groups is 2. The highest BCUT2D eigenvalue weighted by Gasteiger charge is 2.24. The third kappa shape index (κ3) is 5.24. The van der Waals surface area contributed by atoms with Crippen LogP contribution in [-0.4, -0.2) is 22.9 Å². The summed E-state index contributed by atoms with van der Waals surface area (Å²) in [6.45, 7) is 1.44. The Morgan fingerprint density at radius 3 is 2.03 bits per heavy atom. The van der Waals surface area contributed by atoms with Gasteiger partial charge in [-0.25, -0.2) is 4.79 Å². The van der Waals surface area contributed by atoms with Crippen molar-refractivity contribution in [3.63, 3.8) is 0 Å². The van der Waals surface area contributed by atoms with Crippen LogP contribution in [0.15, 0.2) is 78.9 Å². The summed E-state index contributed by atoms with van der Waals surface area (Å²) in [5.41, 5.74) is 6.75. The van der Waals surface area contributed by atoms with Gasteiger partial charge >= 0.3 is 5.97 Å². The van der Waals surface area contributed by atoms with Gasteiger partial charge in [-0.15, -0.1) is 0 Å². The first-order chi connectivity index (χ1) is 14.9. The SMILES string of the molecule is C[C@@H](OC(=O)c1ccc(N)c([N+](=O)[O-])c1)C(=O)NC(c1ccccc1)c1ccccc1. The van der Waals surface area contributed by atoms with E-state index in [0.717, 1.165) is 17.2 Å². The van der Waals surface area contributed by atoms with Crippen molar-refractivity contribution in [2.24, 2.45) is 0 Å². The van der Waals surface area contributed by atoms with Crippen LogP contribution in [0.2, 0.25) is 0 Å². The molecule has 8 heteroatoms. The molecule has 0 fully saturated rings. The number of benzene rings is 3. The second kappa shape index (κ2) is 9.53. The number of nitrogens with zero attached hydrogens (tertiary/aromatic N) is 1. The molecule has 158 valence electrons. The number of ether oxygens (including phenoxy) is 1. The minimum Gasteiger partial charge on any atom is -0.449 e. The molecule has 1 atom stereocenters. The molecule has 0 bridgehead atoms. The zero-order chi connectivity index (χ0) is 22.4. The van der Waals surface area contributed by atoms with Gasteiger partial charge in [0.15, 0.2) is 6.10 Å². The van der Waals surface area contributed by atoms with Gasteiger partial charge in [0.05, 0.1) is 16.5 Å². The maximum Gasteiger partial charge on any atom is 0.339 e. The molecule has 0 heterocycles. The number of amides is 1. The van der Waals surface area contributed by atoms with Crippen molar-refractivity contribution in [2.45, 2.75) is 19.1 Å². The molecule has 3 aromatic carbocycles. The minimum atomic E-state index is -1.13. The molecule has 0 spiro atoms. The fourth-order valence-corrected chi connectivity index (χ4v) is 3.02. The van der Waals surface area contributed by atoms with Crippen molar-refractivity contribution >= 4 is 23.3 Å². The first-order valence-corrected chi connectivity index (χ1v) is 9.52. The quantitative estimate of drug-likeness (QED) is 0.261. The molecule has 8 nitrogen and oxygen atoms in total. The van der Waals surface area contributed by atoms with Gasteiger partial charge in [-0.1, -0.05) is 60.7 Å². The van der Waals surface area contributed by atoms with E-state index in [9.17, 15) is 19.7 Å². The van der Waals surface area contributed by atoms with E-state index in [2.05, 4.69) is 5.32 Å². The number of hydrogen-bond donors (Lipinski definition) is 2. The molecule has 3 N–H and O–H groups in total. The third-order valence-corrected chi connectivity index (χ3v) is 4.67. The molecule has 3 aromatic rings. The average molecular weight is 419 g/mol. The number of carbonyl (C=O) groups excluding carboxylic acids is 2. The summed E-state index contributed by atoms with van der Waals surface area (Å²) >= 11 is 0. The third-order valence-electron chi connectivity index (χ3n) is 4.67. The van der Waals surface area contributed by atoms with Crippen molar-refractivity contribution in [2.75, 3.05) is 5.73 Å². The Hall–Kier alpha value is -4.20. The molecule has 31 heavy (non-hydrogen) atoms. The van der Waals surface area contributed by atoms with Crippen LogP contribution in [0.25, 0.3) is 0 Å².